The van der Waals surface area contributed by atoms with Crippen LogP contribution in [-0.2, 0) is 0 Å². The summed E-state index contributed by atoms with van der Waals surface area (Å²) in [6.45, 7) is 2.69. The second-order valence-corrected chi connectivity index (χ2v) is 4.76. The van der Waals surface area contributed by atoms with Crippen LogP contribution in [0.5, 0.6) is 11.5 Å². The number of halogens is 1. The zero-order chi connectivity index (χ0) is 15.2. The monoisotopic (exact) mass is 289 g/mol. The van der Waals surface area contributed by atoms with E-state index in [9.17, 15) is 4.39 Å². The Labute approximate surface area is 124 Å². The van der Waals surface area contributed by atoms with Crippen molar-refractivity contribution in [2.24, 2.45) is 5.73 Å². The summed E-state index contributed by atoms with van der Waals surface area (Å²) in [4.78, 5) is 0. The molecule has 4 heteroatoms. The van der Waals surface area contributed by atoms with Crippen LogP contribution >= 0.6 is 0 Å². The van der Waals surface area contributed by atoms with Gasteiger partial charge in [-0.1, -0.05) is 31.2 Å². The van der Waals surface area contributed by atoms with Gasteiger partial charge in [0.05, 0.1) is 19.8 Å². The number of hydrogen-bond acceptors (Lipinski definition) is 3. The van der Waals surface area contributed by atoms with Crippen LogP contribution in [0.4, 0.5) is 4.39 Å². The summed E-state index contributed by atoms with van der Waals surface area (Å²) in [6, 6.07) is 11.8. The van der Waals surface area contributed by atoms with Gasteiger partial charge >= 0.3 is 0 Å². The molecule has 1 atom stereocenters. The second-order valence-electron chi connectivity index (χ2n) is 4.76. The fraction of sp³-hybridized carbons (Fsp3) is 0.294. The van der Waals surface area contributed by atoms with Crippen LogP contribution in [0.25, 0.3) is 0 Å². The van der Waals surface area contributed by atoms with Gasteiger partial charge in [-0.3, -0.25) is 0 Å². The van der Waals surface area contributed by atoms with Gasteiger partial charge in [0.25, 0.3) is 0 Å². The van der Waals surface area contributed by atoms with E-state index < -0.39 is 11.9 Å². The third kappa shape index (κ3) is 3.52. The Hall–Kier alpha value is -2.07. The minimum Gasteiger partial charge on any atom is -0.494 e. The van der Waals surface area contributed by atoms with Gasteiger partial charge in [0, 0.05) is 5.56 Å². The van der Waals surface area contributed by atoms with E-state index in [4.69, 9.17) is 15.2 Å². The third-order valence-electron chi connectivity index (χ3n) is 3.24. The molecular formula is C17H20FNO2. The lowest BCUT2D eigenvalue weighted by molar-refractivity contribution is 0.317. The molecule has 0 radical (unpaired) electrons. The highest BCUT2D eigenvalue weighted by Gasteiger charge is 2.17. The number of hydrogen-bond donors (Lipinski definition) is 1. The van der Waals surface area contributed by atoms with Crippen LogP contribution in [0.3, 0.4) is 0 Å². The first-order valence-corrected chi connectivity index (χ1v) is 6.98. The zero-order valence-electron chi connectivity index (χ0n) is 12.3. The minimum atomic E-state index is -0.565. The molecule has 21 heavy (non-hydrogen) atoms. The molecule has 0 amide bonds. The van der Waals surface area contributed by atoms with E-state index in [-0.39, 0.29) is 5.75 Å². The minimum absolute atomic E-state index is 0.196. The summed E-state index contributed by atoms with van der Waals surface area (Å²) in [7, 11) is 1.44. The lowest BCUT2D eigenvalue weighted by Crippen LogP contribution is -2.14. The summed E-state index contributed by atoms with van der Waals surface area (Å²) in [5.74, 6) is 0.516. The Morgan fingerprint density at radius 1 is 1.19 bits per heavy atom. The van der Waals surface area contributed by atoms with Crippen molar-refractivity contribution in [1.82, 2.24) is 0 Å². The van der Waals surface area contributed by atoms with E-state index in [1.54, 1.807) is 18.2 Å². The molecule has 2 aromatic rings. The van der Waals surface area contributed by atoms with Crippen LogP contribution in [0.15, 0.2) is 42.5 Å². The second kappa shape index (κ2) is 7.09. The van der Waals surface area contributed by atoms with Crippen molar-refractivity contribution in [3.05, 3.63) is 59.4 Å². The van der Waals surface area contributed by atoms with Crippen LogP contribution in [0.1, 0.15) is 30.5 Å². The highest BCUT2D eigenvalue weighted by atomic mass is 19.1. The molecule has 0 bridgehead atoms. The Balaban J connectivity index is 2.29. The van der Waals surface area contributed by atoms with Gasteiger partial charge in [-0.05, 0) is 30.2 Å². The smallest absolute Gasteiger partial charge is 0.170 e. The van der Waals surface area contributed by atoms with Crippen molar-refractivity contribution in [3.63, 3.8) is 0 Å². The van der Waals surface area contributed by atoms with E-state index in [0.717, 1.165) is 17.7 Å². The van der Waals surface area contributed by atoms with Gasteiger partial charge in [0.15, 0.2) is 11.6 Å². The largest absolute Gasteiger partial charge is 0.494 e. The van der Waals surface area contributed by atoms with Gasteiger partial charge in [-0.25, -0.2) is 4.39 Å². The molecule has 112 valence electrons. The number of ether oxygens (including phenoxy) is 2. The third-order valence-corrected chi connectivity index (χ3v) is 3.24. The van der Waals surface area contributed by atoms with Crippen LogP contribution in [-0.4, -0.2) is 13.7 Å². The molecule has 3 nitrogen and oxygen atoms in total. The molecule has 1 unspecified atom stereocenters. The van der Waals surface area contributed by atoms with Crippen molar-refractivity contribution >= 4 is 0 Å². The predicted molar refractivity (Wildman–Crippen MR) is 81.2 cm³/mol. The van der Waals surface area contributed by atoms with Crippen molar-refractivity contribution in [3.8, 4) is 11.5 Å². The Bertz CT molecular complexity index is 601. The summed E-state index contributed by atoms with van der Waals surface area (Å²) in [5, 5.41) is 0. The van der Waals surface area contributed by atoms with Gasteiger partial charge in [-0.15, -0.1) is 0 Å². The topological polar surface area (TPSA) is 44.5 Å². The molecule has 0 heterocycles. The molecule has 0 aromatic heterocycles. The lowest BCUT2D eigenvalue weighted by atomic mass is 9.98. The molecule has 2 rings (SSSR count). The number of nitrogens with two attached hydrogens (primary N) is 1. The molecule has 0 aliphatic heterocycles. The average molecular weight is 289 g/mol. The van der Waals surface area contributed by atoms with E-state index in [1.165, 1.54) is 7.11 Å². The Morgan fingerprint density at radius 3 is 2.67 bits per heavy atom. The Kier molecular flexibility index (Phi) is 5.17. The fourth-order valence-electron chi connectivity index (χ4n) is 2.12. The van der Waals surface area contributed by atoms with Crippen LogP contribution < -0.4 is 15.2 Å². The summed E-state index contributed by atoms with van der Waals surface area (Å²) in [6.07, 6.45) is 0.931. The van der Waals surface area contributed by atoms with Crippen molar-refractivity contribution < 1.29 is 13.9 Å². The first-order chi connectivity index (χ1) is 10.2. The van der Waals surface area contributed by atoms with Gasteiger partial charge in [0.1, 0.15) is 5.75 Å². The number of benzene rings is 2. The predicted octanol–water partition coefficient (Wildman–Crippen LogP) is 3.67. The molecule has 2 aromatic carbocycles. The van der Waals surface area contributed by atoms with E-state index in [1.807, 2.05) is 31.2 Å². The average Bonchev–Trinajstić information content (AvgIpc) is 2.53. The number of methoxy groups -OCH3 is 1. The first kappa shape index (κ1) is 15.3. The fourth-order valence-corrected chi connectivity index (χ4v) is 2.12. The van der Waals surface area contributed by atoms with Crippen LogP contribution in [0, 0.1) is 5.82 Å². The summed E-state index contributed by atoms with van der Waals surface area (Å²) in [5.41, 5.74) is 7.39. The van der Waals surface area contributed by atoms with Crippen molar-refractivity contribution in [2.45, 2.75) is 19.4 Å². The maximum Gasteiger partial charge on any atom is 0.170 e. The van der Waals surface area contributed by atoms with Crippen molar-refractivity contribution in [2.75, 3.05) is 13.7 Å². The molecule has 0 saturated heterocycles. The summed E-state index contributed by atoms with van der Waals surface area (Å²) >= 11 is 0. The van der Waals surface area contributed by atoms with Gasteiger partial charge in [0.2, 0.25) is 0 Å². The maximum absolute atomic E-state index is 14.3. The quantitative estimate of drug-likeness (QED) is 0.882. The normalized spacial score (nSPS) is 12.0. The molecule has 2 N–H and O–H groups in total. The SMILES string of the molecule is CCCOc1cccc(C(N)c2cccc(OC)c2F)c1. The molecule has 0 aliphatic rings. The molecular weight excluding hydrogens is 269 g/mol. The highest BCUT2D eigenvalue weighted by molar-refractivity contribution is 5.40. The lowest BCUT2D eigenvalue weighted by Gasteiger charge is -2.16. The van der Waals surface area contributed by atoms with Gasteiger partial charge < -0.3 is 15.2 Å². The van der Waals surface area contributed by atoms with Crippen molar-refractivity contribution in [1.29, 1.82) is 0 Å². The van der Waals surface area contributed by atoms with Gasteiger partial charge in [-0.2, -0.15) is 0 Å². The standard InChI is InChI=1S/C17H20FNO2/c1-3-10-21-13-7-4-6-12(11-13)17(19)14-8-5-9-15(20-2)16(14)18/h4-9,11,17H,3,10,19H2,1-2H3. The molecule has 0 fully saturated rings. The zero-order valence-corrected chi connectivity index (χ0v) is 12.3. The van der Waals surface area contributed by atoms with Crippen LogP contribution in [0.2, 0.25) is 0 Å². The molecule has 0 aliphatic carbocycles. The highest BCUT2D eigenvalue weighted by Crippen LogP contribution is 2.29. The molecule has 0 saturated carbocycles. The number of rotatable bonds is 6. The summed E-state index contributed by atoms with van der Waals surface area (Å²) < 4.78 is 24.9. The van der Waals surface area contributed by atoms with E-state index >= 15 is 0 Å². The van der Waals surface area contributed by atoms with E-state index in [2.05, 4.69) is 0 Å². The first-order valence-electron chi connectivity index (χ1n) is 6.98. The maximum atomic E-state index is 14.3. The van der Waals surface area contributed by atoms with E-state index in [0.29, 0.717) is 12.2 Å². The Morgan fingerprint density at radius 2 is 1.95 bits per heavy atom. The molecule has 0 spiro atoms.